The number of benzene rings is 2. The van der Waals surface area contributed by atoms with Crippen LogP contribution in [-0.4, -0.2) is 35.8 Å². The first-order valence-electron chi connectivity index (χ1n) is 8.39. The van der Waals surface area contributed by atoms with E-state index in [-0.39, 0.29) is 18.5 Å². The van der Waals surface area contributed by atoms with Crippen LogP contribution in [0.5, 0.6) is 0 Å². The third-order valence-corrected chi connectivity index (χ3v) is 4.46. The summed E-state index contributed by atoms with van der Waals surface area (Å²) < 4.78 is 26.5. The lowest BCUT2D eigenvalue weighted by Crippen LogP contribution is -2.39. The Hall–Kier alpha value is -2.27. The van der Waals surface area contributed by atoms with Crippen molar-refractivity contribution in [2.75, 3.05) is 20.1 Å². The fourth-order valence-electron chi connectivity index (χ4n) is 2.64. The van der Waals surface area contributed by atoms with E-state index < -0.39 is 11.6 Å². The molecule has 5 heteroatoms. The van der Waals surface area contributed by atoms with E-state index in [1.807, 2.05) is 42.2 Å². The van der Waals surface area contributed by atoms with Gasteiger partial charge in [-0.3, -0.25) is 9.69 Å². The lowest BCUT2D eigenvalue weighted by molar-refractivity contribution is -0.133. The summed E-state index contributed by atoms with van der Waals surface area (Å²) in [5.74, 6) is -1.84. The first-order valence-corrected chi connectivity index (χ1v) is 8.39. The molecule has 3 nitrogen and oxygen atoms in total. The molecule has 0 aliphatic heterocycles. The topological polar surface area (TPSA) is 23.6 Å². The van der Waals surface area contributed by atoms with Gasteiger partial charge in [-0.2, -0.15) is 0 Å². The molecular formula is C20H24F2N2O. The molecule has 0 N–H and O–H groups in total. The molecule has 0 aromatic heterocycles. The van der Waals surface area contributed by atoms with Crippen LogP contribution >= 0.6 is 0 Å². The van der Waals surface area contributed by atoms with Gasteiger partial charge >= 0.3 is 0 Å². The van der Waals surface area contributed by atoms with Crippen molar-refractivity contribution in [3.05, 3.63) is 71.3 Å². The van der Waals surface area contributed by atoms with Gasteiger partial charge in [-0.1, -0.05) is 43.3 Å². The Kier molecular flexibility index (Phi) is 6.65. The molecule has 0 aliphatic rings. The number of amides is 1. The summed E-state index contributed by atoms with van der Waals surface area (Å²) >= 11 is 0. The van der Waals surface area contributed by atoms with Crippen molar-refractivity contribution >= 4 is 5.91 Å². The lowest BCUT2D eigenvalue weighted by Gasteiger charge is -2.28. The van der Waals surface area contributed by atoms with Crippen molar-refractivity contribution in [3.8, 4) is 0 Å². The summed E-state index contributed by atoms with van der Waals surface area (Å²) in [6.07, 6.45) is 0. The molecule has 2 rings (SSSR count). The molecule has 134 valence electrons. The number of nitrogens with zero attached hydrogens (tertiary/aromatic N) is 2. The van der Waals surface area contributed by atoms with Crippen molar-refractivity contribution in [1.82, 2.24) is 9.80 Å². The smallest absolute Gasteiger partial charge is 0.237 e. The molecule has 0 aliphatic carbocycles. The predicted octanol–water partition coefficient (Wildman–Crippen LogP) is 4.01. The van der Waals surface area contributed by atoms with Gasteiger partial charge in [-0.25, -0.2) is 8.78 Å². The number of hydrogen-bond acceptors (Lipinski definition) is 2. The van der Waals surface area contributed by atoms with Gasteiger partial charge < -0.3 is 4.90 Å². The van der Waals surface area contributed by atoms with Crippen LogP contribution in [0.15, 0.2) is 48.5 Å². The van der Waals surface area contributed by atoms with E-state index in [1.165, 1.54) is 6.07 Å². The van der Waals surface area contributed by atoms with Crippen LogP contribution in [0, 0.1) is 11.6 Å². The van der Waals surface area contributed by atoms with Gasteiger partial charge in [0, 0.05) is 13.6 Å². The van der Waals surface area contributed by atoms with Crippen molar-refractivity contribution in [1.29, 1.82) is 0 Å². The monoisotopic (exact) mass is 346 g/mol. The lowest BCUT2D eigenvalue weighted by atomic mass is 10.1. The Balaban J connectivity index is 2.01. The number of rotatable bonds is 7. The van der Waals surface area contributed by atoms with Gasteiger partial charge in [-0.15, -0.1) is 0 Å². The van der Waals surface area contributed by atoms with Crippen LogP contribution < -0.4 is 0 Å². The first-order chi connectivity index (χ1) is 11.9. The van der Waals surface area contributed by atoms with Crippen molar-refractivity contribution in [3.63, 3.8) is 0 Å². The first kappa shape index (κ1) is 19.1. The van der Waals surface area contributed by atoms with Crippen LogP contribution in [0.3, 0.4) is 0 Å². The Morgan fingerprint density at radius 1 is 1.08 bits per heavy atom. The highest BCUT2D eigenvalue weighted by molar-refractivity contribution is 5.78. The molecule has 0 saturated heterocycles. The Morgan fingerprint density at radius 3 is 2.36 bits per heavy atom. The molecule has 1 atom stereocenters. The van der Waals surface area contributed by atoms with Gasteiger partial charge in [0.25, 0.3) is 0 Å². The zero-order valence-electron chi connectivity index (χ0n) is 14.9. The van der Waals surface area contributed by atoms with E-state index in [1.54, 1.807) is 18.9 Å². The second-order valence-electron chi connectivity index (χ2n) is 6.14. The van der Waals surface area contributed by atoms with E-state index in [4.69, 9.17) is 0 Å². The Morgan fingerprint density at radius 2 is 1.76 bits per heavy atom. The second kappa shape index (κ2) is 8.72. The van der Waals surface area contributed by atoms with Gasteiger partial charge in [0.05, 0.1) is 12.6 Å². The summed E-state index contributed by atoms with van der Waals surface area (Å²) in [7, 11) is 1.69. The summed E-state index contributed by atoms with van der Waals surface area (Å²) in [6.45, 7) is 5.52. The zero-order chi connectivity index (χ0) is 18.4. The minimum Gasteiger partial charge on any atom is -0.338 e. The van der Waals surface area contributed by atoms with E-state index in [0.717, 1.165) is 24.2 Å². The molecule has 0 fully saturated rings. The van der Waals surface area contributed by atoms with E-state index in [0.29, 0.717) is 12.1 Å². The number of carbonyl (C=O) groups is 1. The van der Waals surface area contributed by atoms with Gasteiger partial charge in [-0.05, 0) is 36.7 Å². The van der Waals surface area contributed by atoms with E-state index in [9.17, 15) is 13.6 Å². The fourth-order valence-corrected chi connectivity index (χ4v) is 2.64. The molecule has 0 bridgehead atoms. The second-order valence-corrected chi connectivity index (χ2v) is 6.14. The average molecular weight is 346 g/mol. The molecule has 0 spiro atoms. The normalized spacial score (nSPS) is 12.2. The molecular weight excluding hydrogens is 322 g/mol. The maximum atomic E-state index is 13.4. The highest BCUT2D eigenvalue weighted by atomic mass is 19.2. The van der Waals surface area contributed by atoms with Crippen LogP contribution in [0.2, 0.25) is 0 Å². The van der Waals surface area contributed by atoms with Crippen molar-refractivity contribution in [2.24, 2.45) is 0 Å². The van der Waals surface area contributed by atoms with Crippen molar-refractivity contribution < 1.29 is 13.6 Å². The van der Waals surface area contributed by atoms with E-state index >= 15 is 0 Å². The summed E-state index contributed by atoms with van der Waals surface area (Å²) in [5, 5.41) is 0. The SMILES string of the molecule is CCN(CC(=O)N(C)C(C)c1ccc(F)c(F)c1)Cc1ccccc1. The summed E-state index contributed by atoms with van der Waals surface area (Å²) in [5.41, 5.74) is 1.72. The van der Waals surface area contributed by atoms with Crippen LogP contribution in [0.4, 0.5) is 8.78 Å². The Labute approximate surface area is 147 Å². The summed E-state index contributed by atoms with van der Waals surface area (Å²) in [6, 6.07) is 13.4. The maximum Gasteiger partial charge on any atom is 0.237 e. The molecule has 1 unspecified atom stereocenters. The number of likely N-dealkylation sites (N-methyl/N-ethyl adjacent to an activating group) is 2. The van der Waals surface area contributed by atoms with Crippen LogP contribution in [0.25, 0.3) is 0 Å². The minimum atomic E-state index is -0.899. The van der Waals surface area contributed by atoms with Crippen LogP contribution in [-0.2, 0) is 11.3 Å². The number of halogens is 2. The molecule has 25 heavy (non-hydrogen) atoms. The summed E-state index contributed by atoms with van der Waals surface area (Å²) in [4.78, 5) is 16.2. The zero-order valence-corrected chi connectivity index (χ0v) is 14.9. The average Bonchev–Trinajstić information content (AvgIpc) is 2.62. The van der Waals surface area contributed by atoms with E-state index in [2.05, 4.69) is 0 Å². The molecule has 0 heterocycles. The third-order valence-electron chi connectivity index (χ3n) is 4.46. The molecule has 2 aromatic carbocycles. The molecule has 2 aromatic rings. The standard InChI is InChI=1S/C20H24F2N2O/c1-4-24(13-16-8-6-5-7-9-16)14-20(25)23(3)15(2)17-10-11-18(21)19(22)12-17/h5-12,15H,4,13-14H2,1-3H3. The van der Waals surface area contributed by atoms with Gasteiger partial charge in [0.1, 0.15) is 0 Å². The van der Waals surface area contributed by atoms with Crippen LogP contribution in [0.1, 0.15) is 31.0 Å². The van der Waals surface area contributed by atoms with Crippen molar-refractivity contribution in [2.45, 2.75) is 26.4 Å². The molecule has 1 amide bonds. The Bertz CT molecular complexity index is 706. The third kappa shape index (κ3) is 5.10. The maximum absolute atomic E-state index is 13.4. The van der Waals surface area contributed by atoms with Gasteiger partial charge in [0.2, 0.25) is 5.91 Å². The minimum absolute atomic E-state index is 0.0602. The quantitative estimate of drug-likeness (QED) is 0.756. The largest absolute Gasteiger partial charge is 0.338 e. The fraction of sp³-hybridized carbons (Fsp3) is 0.350. The predicted molar refractivity (Wildman–Crippen MR) is 94.9 cm³/mol. The number of carbonyl (C=O) groups excluding carboxylic acids is 1. The highest BCUT2D eigenvalue weighted by Crippen LogP contribution is 2.21. The number of hydrogen-bond donors (Lipinski definition) is 0. The molecule has 0 radical (unpaired) electrons. The van der Waals surface area contributed by atoms with Gasteiger partial charge in [0.15, 0.2) is 11.6 Å². The highest BCUT2D eigenvalue weighted by Gasteiger charge is 2.20. The molecule has 0 saturated carbocycles.